The molecule has 0 nitrogen and oxygen atoms in total. The summed E-state index contributed by atoms with van der Waals surface area (Å²) in [4.78, 5) is 1.41. The molecule has 0 N–H and O–H groups in total. The molecule has 1 aromatic heterocycles. The highest BCUT2D eigenvalue weighted by Gasteiger charge is 1.99. The smallest absolute Gasteiger partial charge is 0.0299 e. The number of hydrogen-bond donors (Lipinski definition) is 0. The summed E-state index contributed by atoms with van der Waals surface area (Å²) < 4.78 is 0. The highest BCUT2D eigenvalue weighted by molar-refractivity contribution is 7.11. The van der Waals surface area contributed by atoms with Gasteiger partial charge >= 0.3 is 0 Å². The Bertz CT molecular complexity index is 276. The second-order valence-corrected chi connectivity index (χ2v) is 4.62. The zero-order valence-electron chi connectivity index (χ0n) is 8.63. The summed E-state index contributed by atoms with van der Waals surface area (Å²) in [5, 5.41) is 2.17. The highest BCUT2D eigenvalue weighted by atomic mass is 35.5. The molecule has 0 fully saturated rings. The lowest BCUT2D eigenvalue weighted by molar-refractivity contribution is 0.796. The van der Waals surface area contributed by atoms with Crippen LogP contribution in [0.2, 0.25) is 0 Å². The number of unbranched alkanes of at least 4 members (excludes halogenated alkanes) is 1. The first-order chi connectivity index (χ1) is 6.88. The SMILES string of the molecule is CCCCc1ccsc1C=CCCCl. The van der Waals surface area contributed by atoms with Crippen LogP contribution in [-0.4, -0.2) is 5.88 Å². The van der Waals surface area contributed by atoms with Crippen molar-refractivity contribution >= 4 is 29.0 Å². The van der Waals surface area contributed by atoms with Crippen molar-refractivity contribution in [3.8, 4) is 0 Å². The van der Waals surface area contributed by atoms with Gasteiger partial charge in [-0.15, -0.1) is 22.9 Å². The summed E-state index contributed by atoms with van der Waals surface area (Å²) in [7, 11) is 0. The minimum Gasteiger partial charge on any atom is -0.144 e. The van der Waals surface area contributed by atoms with Gasteiger partial charge in [-0.05, 0) is 42.3 Å². The van der Waals surface area contributed by atoms with Crippen LogP contribution in [0.1, 0.15) is 36.6 Å². The molecule has 0 aliphatic heterocycles. The number of thiophene rings is 1. The molecule has 0 saturated carbocycles. The van der Waals surface area contributed by atoms with Crippen LogP contribution in [-0.2, 0) is 6.42 Å². The predicted octanol–water partition coefficient (Wildman–Crippen LogP) is 4.73. The van der Waals surface area contributed by atoms with E-state index in [0.717, 1.165) is 6.42 Å². The van der Waals surface area contributed by atoms with E-state index in [1.165, 1.54) is 29.7 Å². The quantitative estimate of drug-likeness (QED) is 0.618. The molecule has 0 amide bonds. The minimum absolute atomic E-state index is 0.714. The van der Waals surface area contributed by atoms with Gasteiger partial charge in [0.25, 0.3) is 0 Å². The Kier molecular flexibility index (Phi) is 5.97. The van der Waals surface area contributed by atoms with Crippen LogP contribution in [0.5, 0.6) is 0 Å². The number of hydrogen-bond acceptors (Lipinski definition) is 1. The van der Waals surface area contributed by atoms with Crippen molar-refractivity contribution in [3.63, 3.8) is 0 Å². The van der Waals surface area contributed by atoms with Gasteiger partial charge in [0, 0.05) is 10.8 Å². The lowest BCUT2D eigenvalue weighted by Gasteiger charge is -1.97. The topological polar surface area (TPSA) is 0 Å². The van der Waals surface area contributed by atoms with Crippen molar-refractivity contribution < 1.29 is 0 Å². The van der Waals surface area contributed by atoms with Crippen molar-refractivity contribution in [2.45, 2.75) is 32.6 Å². The zero-order chi connectivity index (χ0) is 10.2. The standard InChI is InChI=1S/C12H17ClS/c1-2-3-6-11-8-10-14-12(11)7-4-5-9-13/h4,7-8,10H,2-3,5-6,9H2,1H3. The second-order valence-electron chi connectivity index (χ2n) is 3.29. The van der Waals surface area contributed by atoms with E-state index in [1.807, 2.05) is 11.3 Å². The number of alkyl halides is 1. The van der Waals surface area contributed by atoms with Crippen LogP contribution in [0.15, 0.2) is 17.5 Å². The molecule has 0 radical (unpaired) electrons. The monoisotopic (exact) mass is 228 g/mol. The molecule has 2 heteroatoms. The fourth-order valence-electron chi connectivity index (χ4n) is 1.32. The lowest BCUT2D eigenvalue weighted by Crippen LogP contribution is -1.83. The average molecular weight is 229 g/mol. The van der Waals surface area contributed by atoms with Gasteiger partial charge < -0.3 is 0 Å². The van der Waals surface area contributed by atoms with Crippen LogP contribution in [0.4, 0.5) is 0 Å². The Morgan fingerprint density at radius 2 is 2.36 bits per heavy atom. The molecular weight excluding hydrogens is 212 g/mol. The number of rotatable bonds is 6. The van der Waals surface area contributed by atoms with E-state index in [2.05, 4.69) is 30.5 Å². The van der Waals surface area contributed by atoms with Gasteiger partial charge in [0.2, 0.25) is 0 Å². The normalized spacial score (nSPS) is 11.3. The molecule has 1 rings (SSSR count). The average Bonchev–Trinajstić information content (AvgIpc) is 2.63. The third-order valence-electron chi connectivity index (χ3n) is 2.13. The maximum absolute atomic E-state index is 5.62. The van der Waals surface area contributed by atoms with Crippen LogP contribution < -0.4 is 0 Å². The summed E-state index contributed by atoms with van der Waals surface area (Å²) in [5.74, 6) is 0.714. The molecule has 0 atom stereocenters. The molecule has 0 bridgehead atoms. The molecule has 1 aromatic rings. The maximum atomic E-state index is 5.62. The van der Waals surface area contributed by atoms with Crippen molar-refractivity contribution in [1.82, 2.24) is 0 Å². The van der Waals surface area contributed by atoms with Crippen molar-refractivity contribution in [3.05, 3.63) is 28.0 Å². The Morgan fingerprint density at radius 1 is 1.50 bits per heavy atom. The van der Waals surface area contributed by atoms with E-state index in [9.17, 15) is 0 Å². The zero-order valence-corrected chi connectivity index (χ0v) is 10.2. The Hall–Kier alpha value is -0.270. The van der Waals surface area contributed by atoms with E-state index >= 15 is 0 Å². The highest BCUT2D eigenvalue weighted by Crippen LogP contribution is 2.20. The fraction of sp³-hybridized carbons (Fsp3) is 0.500. The Labute approximate surface area is 95.6 Å². The molecule has 1 heterocycles. The number of aryl methyl sites for hydroxylation is 1. The van der Waals surface area contributed by atoms with E-state index in [0.29, 0.717) is 5.88 Å². The van der Waals surface area contributed by atoms with Gasteiger partial charge in [-0.25, -0.2) is 0 Å². The van der Waals surface area contributed by atoms with Gasteiger partial charge in [0.15, 0.2) is 0 Å². The van der Waals surface area contributed by atoms with Crippen LogP contribution in [0, 0.1) is 0 Å². The molecule has 0 spiro atoms. The van der Waals surface area contributed by atoms with Gasteiger partial charge in [-0.3, -0.25) is 0 Å². The Morgan fingerprint density at radius 3 is 3.07 bits per heavy atom. The largest absolute Gasteiger partial charge is 0.144 e. The van der Waals surface area contributed by atoms with Crippen LogP contribution in [0.25, 0.3) is 6.08 Å². The van der Waals surface area contributed by atoms with Gasteiger partial charge in [0.1, 0.15) is 0 Å². The molecule has 14 heavy (non-hydrogen) atoms. The first kappa shape index (κ1) is 11.8. The number of allylic oxidation sites excluding steroid dienone is 1. The van der Waals surface area contributed by atoms with Crippen molar-refractivity contribution in [2.24, 2.45) is 0 Å². The van der Waals surface area contributed by atoms with Gasteiger partial charge in [-0.2, -0.15) is 0 Å². The summed E-state index contributed by atoms with van der Waals surface area (Å²) in [6, 6.07) is 2.24. The lowest BCUT2D eigenvalue weighted by atomic mass is 10.1. The number of halogens is 1. The second kappa shape index (κ2) is 7.08. The van der Waals surface area contributed by atoms with E-state index < -0.39 is 0 Å². The minimum atomic E-state index is 0.714. The fourth-order valence-corrected chi connectivity index (χ4v) is 2.32. The van der Waals surface area contributed by atoms with Gasteiger partial charge in [-0.1, -0.05) is 19.4 Å². The molecule has 0 aromatic carbocycles. The van der Waals surface area contributed by atoms with Crippen molar-refractivity contribution in [2.75, 3.05) is 5.88 Å². The maximum Gasteiger partial charge on any atom is 0.0299 e. The van der Waals surface area contributed by atoms with E-state index in [1.54, 1.807) is 0 Å². The van der Waals surface area contributed by atoms with Gasteiger partial charge in [0.05, 0.1) is 0 Å². The third kappa shape index (κ3) is 3.85. The summed E-state index contributed by atoms with van der Waals surface area (Å²) >= 11 is 7.44. The summed E-state index contributed by atoms with van der Waals surface area (Å²) in [6.45, 7) is 2.23. The van der Waals surface area contributed by atoms with E-state index in [-0.39, 0.29) is 0 Å². The first-order valence-corrected chi connectivity index (χ1v) is 6.58. The predicted molar refractivity (Wildman–Crippen MR) is 67.3 cm³/mol. The molecule has 0 saturated heterocycles. The Balaban J connectivity index is 2.53. The summed E-state index contributed by atoms with van der Waals surface area (Å²) in [5.41, 5.74) is 1.49. The molecule has 78 valence electrons. The van der Waals surface area contributed by atoms with Crippen molar-refractivity contribution in [1.29, 1.82) is 0 Å². The molecule has 0 aliphatic rings. The molecule has 0 unspecified atom stereocenters. The molecule has 0 aliphatic carbocycles. The molecular formula is C12H17ClS. The first-order valence-electron chi connectivity index (χ1n) is 5.17. The summed E-state index contributed by atoms with van der Waals surface area (Å²) in [6.07, 6.45) is 9.09. The van der Waals surface area contributed by atoms with Crippen LogP contribution >= 0.6 is 22.9 Å². The third-order valence-corrected chi connectivity index (χ3v) is 3.27. The van der Waals surface area contributed by atoms with Crippen LogP contribution in [0.3, 0.4) is 0 Å². The van der Waals surface area contributed by atoms with E-state index in [4.69, 9.17) is 11.6 Å².